The lowest BCUT2D eigenvalue weighted by Crippen LogP contribution is -2.20. The Morgan fingerprint density at radius 2 is 0.718 bits per heavy atom. The molecule has 800 valence electrons. The number of alkyl halides is 6. The number of nitrogens with one attached hydrogen (secondary N) is 3. The van der Waals surface area contributed by atoms with Crippen LogP contribution in [0, 0.1) is 38.5 Å². The molecule has 8 aliphatic heterocycles. The molecule has 3 saturated carbocycles. The van der Waals surface area contributed by atoms with Crippen molar-refractivity contribution >= 4 is 176 Å². The van der Waals surface area contributed by atoms with Gasteiger partial charge in [-0.15, -0.1) is 0 Å². The summed E-state index contributed by atoms with van der Waals surface area (Å²) in [6.45, 7) is 12.3. The number of carbonyl (C=O) groups excluding carboxylic acids is 3. The number of ether oxygens (including phenoxy) is 7. The lowest BCUT2D eigenvalue weighted by atomic mass is 10.1. The summed E-state index contributed by atoms with van der Waals surface area (Å²) in [5.74, 6) is -12.1. The molecule has 10 fully saturated rings. The van der Waals surface area contributed by atoms with Gasteiger partial charge in [0.25, 0.3) is 17.8 Å². The van der Waals surface area contributed by atoms with Crippen molar-refractivity contribution in [1.82, 2.24) is 48.6 Å². The second-order valence-electron chi connectivity index (χ2n) is 39.4. The SMILES string of the molecule is CC1=Nc2c(Nc3ccc([C@@H]4CCCO4)cc3S(C)(=O)=O)cc(CC(=O)C3CC3(F)F)nc2C1.CS(=O)(=O)c1cc([C@H]2CCCO2)ccc1N.Cc1nc2c(Cl)cc(Cl)nc2n1C1CCCCO1.Cc1nc2c(Nc3ccc([C@@H]4CCCO4)cc3S(C)(=O)=O)cc(CC(=O)C3CC3(F)F)nc2n1C1CCCCO1.Cc1nc2c(Nc3ccc([C@H]4CCCO4)cc3S(C)(=O)=O)cc(Cl)nc2n1C1CCCCO1.NC(=O)C1CC1(F)F. The monoisotopic (exact) mass is 2200 g/mol. The maximum atomic E-state index is 13.6. The number of hydrogen-bond acceptors (Lipinski definition) is 30. The molecular weight excluding hydrogens is 2090 g/mol. The number of primary amides is 1. The second kappa shape index (κ2) is 44.7. The van der Waals surface area contributed by atoms with Crippen LogP contribution in [0.4, 0.5) is 71.8 Å². The van der Waals surface area contributed by atoms with Crippen LogP contribution in [0.5, 0.6) is 0 Å². The number of nitrogens with two attached hydrogens (primary N) is 2. The first-order valence-electron chi connectivity index (χ1n) is 49.5. The third-order valence-corrected chi connectivity index (χ3v) is 32.8. The van der Waals surface area contributed by atoms with Gasteiger partial charge in [-0.3, -0.25) is 38.1 Å². The van der Waals surface area contributed by atoms with Crippen LogP contribution in [0.15, 0.2) is 122 Å². The fourth-order valence-corrected chi connectivity index (χ4v) is 23.8. The van der Waals surface area contributed by atoms with Crippen molar-refractivity contribution in [3.8, 4) is 0 Å². The molecule has 11 aromatic rings. The number of halogens is 9. The number of pyridine rings is 4. The second-order valence-corrected chi connectivity index (χ2v) is 48.5. The molecule has 0 spiro atoms. The first-order chi connectivity index (χ1) is 70.5. The number of rotatable bonds is 24. The van der Waals surface area contributed by atoms with Crippen LogP contribution in [0.25, 0.3) is 33.5 Å². The smallest absolute Gasteiger partial charge is 0.260 e. The minimum Gasteiger partial charge on any atom is -0.398 e. The molecule has 7 saturated heterocycles. The van der Waals surface area contributed by atoms with Gasteiger partial charge in [0.15, 0.2) is 56.3 Å². The fourth-order valence-electron chi connectivity index (χ4n) is 19.7. The number of aryl methyl sites for hydroxylation is 3. The summed E-state index contributed by atoms with van der Waals surface area (Å²) in [7, 11) is -14.0. The standard InChI is InChI=1S/C28H32F2N4O5S.C24H25F2N3O4S.C23H27ClN4O4S.C12H13Cl2N3O.C11H15NO3S.C4H5F2NO/c1-16-31-26-21(33-20-9-8-17(23-6-5-11-38-23)12-24(20)40(2,36)37)13-18(14-22(35)19-15-28(19,29)30)32-27(26)34(16)25-7-3-4-10-39-25;1-13-8-18-23(27-13)19(10-15(28-18)11-20(30)16-12-24(16,25)26)29-17-6-5-14(21-4-3-7-33-21)9-22(17)34(2,31)32;1-14-25-22-17(13-20(24)27-23(22)28(14)21-7-3-4-10-32-21)26-16-9-8-15(18-6-5-11-31-18)12-19(16)33(2,29)30;1-7-15-11-8(13)6-9(14)16-12(11)17(7)10-4-2-3-5-18-10;1-16(13,14)11-7-8(4-5-9(11)12)10-3-2-6-15-10;5-4(6)1-2(4)3(7)8/h8-9,12-13,19,23,25H,3-7,10-11,14-15H2,1-2H3,(H,32,33);5-6,9-10,16,21H,3-4,7-8,11-12H2,1-2H3,(H,28,29);8-9,12-13,18,21H,3-7,10-11H2,1-2H3,(H,26,27);6,10H,2-5H2,1H3;4-5,7,10H,2-3,6,12H2,1H3;2H,1H2,(H2,7,8)/t19?,23-,25?;16?,21-;18-,21?;;10-;/m001.1./s1. The van der Waals surface area contributed by atoms with Gasteiger partial charge in [0.05, 0.1) is 118 Å². The number of amides is 1. The Morgan fingerprint density at radius 3 is 1.07 bits per heavy atom. The number of aliphatic imine (C=N–C) groups is 1. The van der Waals surface area contributed by atoms with E-state index in [2.05, 4.69) is 51.6 Å². The van der Waals surface area contributed by atoms with E-state index >= 15 is 0 Å². The lowest BCUT2D eigenvalue weighted by molar-refractivity contribution is -0.122. The lowest BCUT2D eigenvalue weighted by Gasteiger charge is -2.25. The number of carbonyl (C=O) groups is 3. The van der Waals surface area contributed by atoms with Gasteiger partial charge in [-0.05, 0) is 226 Å². The number of ketones is 2. The summed E-state index contributed by atoms with van der Waals surface area (Å²) >= 11 is 18.5. The molecule has 15 heterocycles. The zero-order valence-electron chi connectivity index (χ0n) is 83.2. The van der Waals surface area contributed by atoms with Crippen LogP contribution in [0.1, 0.15) is 235 Å². The van der Waals surface area contributed by atoms with Gasteiger partial charge >= 0.3 is 0 Å². The molecule has 1 amide bonds. The molecule has 0 bridgehead atoms. The molecule has 22 rings (SSSR count). The van der Waals surface area contributed by atoms with E-state index in [0.29, 0.717) is 157 Å². The molecule has 4 aromatic carbocycles. The Kier molecular flexibility index (Phi) is 32.9. The van der Waals surface area contributed by atoms with Crippen molar-refractivity contribution in [3.63, 3.8) is 0 Å². The van der Waals surface area contributed by atoms with Crippen molar-refractivity contribution < 1.29 is 108 Å². The Morgan fingerprint density at radius 1 is 0.389 bits per heavy atom. The van der Waals surface area contributed by atoms with Gasteiger partial charge in [0.1, 0.15) is 86.2 Å². The maximum absolute atomic E-state index is 13.6. The number of aromatic nitrogens is 10. The first-order valence-corrected chi connectivity index (χ1v) is 58.2. The van der Waals surface area contributed by atoms with Crippen molar-refractivity contribution in [2.24, 2.45) is 28.5 Å². The molecule has 6 unspecified atom stereocenters. The summed E-state index contributed by atoms with van der Waals surface area (Å²) in [6.07, 6.45) is 18.9. The fraction of sp³-hybridized carbons (Fsp3) is 0.500. The highest BCUT2D eigenvalue weighted by Crippen LogP contribution is 2.53. The number of nitrogens with zero attached hydrogens (tertiary/aromatic N) is 11. The van der Waals surface area contributed by atoms with Crippen LogP contribution in [-0.2, 0) is 106 Å². The molecule has 3 aliphatic carbocycles. The largest absolute Gasteiger partial charge is 0.398 e. The van der Waals surface area contributed by atoms with Gasteiger partial charge < -0.3 is 60.6 Å². The van der Waals surface area contributed by atoms with E-state index in [9.17, 15) is 74.4 Å². The van der Waals surface area contributed by atoms with Crippen LogP contribution < -0.4 is 27.4 Å². The molecule has 7 aromatic heterocycles. The quantitative estimate of drug-likeness (QED) is 0.0213. The summed E-state index contributed by atoms with van der Waals surface area (Å²) in [5.41, 5.74) is 22.8. The minimum atomic E-state index is -3.64. The molecule has 10 atom stereocenters. The molecule has 7 N–H and O–H groups in total. The first kappa shape index (κ1) is 110. The zero-order valence-corrected chi connectivity index (χ0v) is 88.7. The highest BCUT2D eigenvalue weighted by molar-refractivity contribution is 7.91. The van der Waals surface area contributed by atoms with E-state index in [1.54, 1.807) is 72.8 Å². The molecular formula is C102H117Cl3F6N16O18S4. The normalized spacial score (nSPS) is 23.0. The van der Waals surface area contributed by atoms with Crippen LogP contribution >= 0.6 is 34.8 Å². The highest BCUT2D eigenvalue weighted by Gasteiger charge is 2.62. The highest BCUT2D eigenvalue weighted by atomic mass is 35.5. The van der Waals surface area contributed by atoms with E-state index in [1.807, 2.05) is 65.7 Å². The molecule has 47 heteroatoms. The third-order valence-electron chi connectivity index (χ3n) is 27.6. The predicted molar refractivity (Wildman–Crippen MR) is 549 cm³/mol. The van der Waals surface area contributed by atoms with Crippen molar-refractivity contribution in [3.05, 3.63) is 169 Å². The Balaban J connectivity index is 0.000000128. The van der Waals surface area contributed by atoms with Crippen LogP contribution in [0.3, 0.4) is 0 Å². The number of benzene rings is 4. The summed E-state index contributed by atoms with van der Waals surface area (Å²) in [5, 5.41) is 10.9. The number of nitrogen functional groups attached to an aromatic ring is 1. The molecule has 11 aliphatic rings. The van der Waals surface area contributed by atoms with Crippen molar-refractivity contribution in [1.29, 1.82) is 0 Å². The number of hydrogen-bond donors (Lipinski definition) is 5. The van der Waals surface area contributed by atoms with Gasteiger partial charge in [-0.25, -0.2) is 89.9 Å². The number of Topliss-reactive ketones (excluding diaryl/α,β-unsaturated/α-hetero) is 2. The van der Waals surface area contributed by atoms with Crippen molar-refractivity contribution in [2.75, 3.05) is 93.0 Å². The van der Waals surface area contributed by atoms with Gasteiger partial charge in [0.2, 0.25) is 5.91 Å². The topological polar surface area (TPSA) is 458 Å². The molecule has 34 nitrogen and oxygen atoms in total. The minimum absolute atomic E-state index is 0.00853. The Hall–Kier alpha value is -10.5. The third kappa shape index (κ3) is 25.9. The number of fused-ring (bicyclic) bond motifs is 4. The number of imidazole rings is 3. The van der Waals surface area contributed by atoms with Crippen LogP contribution in [-0.4, -0.2) is 194 Å². The average Bonchev–Trinajstić information content (AvgIpc) is 1.60. The van der Waals surface area contributed by atoms with E-state index in [0.717, 1.165) is 181 Å². The Bertz CT molecular complexity index is 7490. The van der Waals surface area contributed by atoms with E-state index < -0.39 is 105 Å². The summed E-state index contributed by atoms with van der Waals surface area (Å²) in [6, 6.07) is 27.3. The molecule has 149 heavy (non-hydrogen) atoms. The number of sulfone groups is 4. The van der Waals surface area contributed by atoms with E-state index in [-0.39, 0.29) is 81.9 Å². The van der Waals surface area contributed by atoms with Gasteiger partial charge in [-0.2, -0.15) is 0 Å². The Labute approximate surface area is 873 Å². The van der Waals surface area contributed by atoms with Crippen molar-refractivity contribution in [2.45, 2.75) is 256 Å². The average molecular weight is 2200 g/mol. The van der Waals surface area contributed by atoms with Gasteiger partial charge in [0, 0.05) is 122 Å². The number of anilines is 7. The summed E-state index contributed by atoms with van der Waals surface area (Å²) in [4.78, 5) is 72.0. The maximum Gasteiger partial charge on any atom is 0.260 e. The molecule has 0 radical (unpaired) electrons. The van der Waals surface area contributed by atoms with E-state index in [1.165, 1.54) is 6.26 Å². The summed E-state index contributed by atoms with van der Waals surface area (Å²) < 4.78 is 223. The van der Waals surface area contributed by atoms with Crippen LogP contribution in [0.2, 0.25) is 15.3 Å². The zero-order chi connectivity index (χ0) is 106. The van der Waals surface area contributed by atoms with Gasteiger partial charge in [-0.1, -0.05) is 59.1 Å². The predicted octanol–water partition coefficient (Wildman–Crippen LogP) is 20.2. The van der Waals surface area contributed by atoms with E-state index in [4.69, 9.17) is 83.7 Å².